The number of anilines is 1. The highest BCUT2D eigenvalue weighted by molar-refractivity contribution is 5.85. The van der Waals surface area contributed by atoms with Gasteiger partial charge in [-0.25, -0.2) is 0 Å². The van der Waals surface area contributed by atoms with Crippen molar-refractivity contribution in [2.24, 2.45) is 0 Å². The zero-order valence-electron chi connectivity index (χ0n) is 10.8. The molecule has 2 N–H and O–H groups in total. The number of nitro groups is 1. The van der Waals surface area contributed by atoms with Crippen molar-refractivity contribution >= 4 is 17.3 Å². The second-order valence-electron chi connectivity index (χ2n) is 4.05. The van der Waals surface area contributed by atoms with Gasteiger partial charge < -0.3 is 10.6 Å². The minimum atomic E-state index is -0.934. The molecule has 0 bridgehead atoms. The van der Waals surface area contributed by atoms with Gasteiger partial charge in [0.25, 0.3) is 0 Å². The fourth-order valence-corrected chi connectivity index (χ4v) is 1.52. The Labute approximate surface area is 110 Å². The first-order valence-corrected chi connectivity index (χ1v) is 5.94. The smallest absolute Gasteiger partial charge is 0.327 e. The van der Waals surface area contributed by atoms with Gasteiger partial charge in [0.2, 0.25) is 11.7 Å². The average molecular weight is 269 g/mol. The normalized spacial score (nSPS) is 11.7. The number of hydrogen-bond donors (Lipinski definition) is 2. The molecule has 1 amide bonds. The Morgan fingerprint density at radius 3 is 2.79 bits per heavy atom. The van der Waals surface area contributed by atoms with Crippen molar-refractivity contribution in [3.05, 3.63) is 34.1 Å². The fraction of sp³-hybridized carbons (Fsp3) is 0.417. The van der Waals surface area contributed by atoms with Crippen LogP contribution in [0, 0.1) is 15.9 Å². The molecule has 1 aromatic carbocycles. The lowest BCUT2D eigenvalue weighted by molar-refractivity contribution is -0.386. The molecule has 0 aromatic heterocycles. The number of para-hydroxylation sites is 1. The van der Waals surface area contributed by atoms with Gasteiger partial charge in [-0.05, 0) is 25.5 Å². The molecule has 1 rings (SSSR count). The van der Waals surface area contributed by atoms with Gasteiger partial charge in [0, 0.05) is 6.54 Å². The molecule has 104 valence electrons. The minimum absolute atomic E-state index is 0.0100. The van der Waals surface area contributed by atoms with Crippen LogP contribution in [0.2, 0.25) is 0 Å². The second kappa shape index (κ2) is 6.67. The van der Waals surface area contributed by atoms with E-state index in [-0.39, 0.29) is 11.6 Å². The Kier molecular flexibility index (Phi) is 5.23. The van der Waals surface area contributed by atoms with E-state index in [9.17, 15) is 19.3 Å². The average Bonchev–Trinajstić information content (AvgIpc) is 2.35. The molecule has 19 heavy (non-hydrogen) atoms. The largest absolute Gasteiger partial charge is 0.368 e. The van der Waals surface area contributed by atoms with Crippen LogP contribution in [0.1, 0.15) is 20.3 Å². The number of nitrogens with zero attached hydrogens (tertiary/aromatic N) is 1. The Hall–Kier alpha value is -2.18. The van der Waals surface area contributed by atoms with Crippen LogP contribution in [0.5, 0.6) is 0 Å². The van der Waals surface area contributed by atoms with Crippen molar-refractivity contribution in [1.82, 2.24) is 5.32 Å². The van der Waals surface area contributed by atoms with Crippen LogP contribution < -0.4 is 10.6 Å². The van der Waals surface area contributed by atoms with Crippen molar-refractivity contribution < 1.29 is 14.1 Å². The third kappa shape index (κ3) is 3.90. The quantitative estimate of drug-likeness (QED) is 0.611. The monoisotopic (exact) mass is 269 g/mol. The van der Waals surface area contributed by atoms with Crippen molar-refractivity contribution in [3.63, 3.8) is 0 Å². The van der Waals surface area contributed by atoms with Crippen LogP contribution in [0.4, 0.5) is 15.8 Å². The summed E-state index contributed by atoms with van der Waals surface area (Å²) in [7, 11) is 0. The zero-order valence-corrected chi connectivity index (χ0v) is 10.8. The van der Waals surface area contributed by atoms with Crippen LogP contribution in [0.25, 0.3) is 0 Å². The molecule has 0 saturated carbocycles. The number of carbonyl (C=O) groups excluding carboxylic acids is 1. The van der Waals surface area contributed by atoms with Gasteiger partial charge in [-0.1, -0.05) is 13.0 Å². The summed E-state index contributed by atoms with van der Waals surface area (Å²) in [6.07, 6.45) is 0.790. The van der Waals surface area contributed by atoms with Gasteiger partial charge in [-0.3, -0.25) is 14.9 Å². The minimum Gasteiger partial charge on any atom is -0.368 e. The number of rotatable bonds is 6. The first-order chi connectivity index (χ1) is 8.97. The number of hydrogen-bond acceptors (Lipinski definition) is 4. The van der Waals surface area contributed by atoms with Crippen LogP contribution in [-0.4, -0.2) is 23.4 Å². The number of halogens is 1. The molecule has 0 spiro atoms. The summed E-state index contributed by atoms with van der Waals surface area (Å²) in [4.78, 5) is 21.6. The van der Waals surface area contributed by atoms with Crippen molar-refractivity contribution in [2.45, 2.75) is 26.3 Å². The lowest BCUT2D eigenvalue weighted by Crippen LogP contribution is -2.38. The van der Waals surface area contributed by atoms with Gasteiger partial charge >= 0.3 is 5.69 Å². The highest BCUT2D eigenvalue weighted by Crippen LogP contribution is 2.27. The maximum Gasteiger partial charge on any atom is 0.327 e. The summed E-state index contributed by atoms with van der Waals surface area (Å²) in [5.41, 5.74) is -0.665. The van der Waals surface area contributed by atoms with Gasteiger partial charge in [-0.15, -0.1) is 0 Å². The third-order valence-electron chi connectivity index (χ3n) is 2.48. The standard InChI is InChI=1S/C12H16FN3O3/c1-3-7-14-12(17)8(2)15-10-6-4-5-9(13)11(10)16(18)19/h4-6,8,15H,3,7H2,1-2H3,(H,14,17). The molecule has 0 fully saturated rings. The summed E-state index contributed by atoms with van der Waals surface area (Å²) in [6, 6.07) is 3.03. The van der Waals surface area contributed by atoms with E-state index in [4.69, 9.17) is 0 Å². The number of nitrogens with one attached hydrogen (secondary N) is 2. The van der Waals surface area contributed by atoms with Gasteiger partial charge in [0.15, 0.2) is 0 Å². The Morgan fingerprint density at radius 2 is 2.21 bits per heavy atom. The molecule has 0 heterocycles. The molecule has 0 radical (unpaired) electrons. The van der Waals surface area contributed by atoms with E-state index >= 15 is 0 Å². The summed E-state index contributed by atoms with van der Waals surface area (Å²) >= 11 is 0. The summed E-state index contributed by atoms with van der Waals surface area (Å²) < 4.78 is 13.4. The Bertz CT molecular complexity index is 479. The molecule has 1 atom stereocenters. The maximum absolute atomic E-state index is 13.4. The number of benzene rings is 1. The molecule has 6 nitrogen and oxygen atoms in total. The van der Waals surface area contributed by atoms with E-state index < -0.39 is 22.5 Å². The first-order valence-electron chi connectivity index (χ1n) is 5.94. The number of carbonyl (C=O) groups is 1. The molecule has 7 heteroatoms. The third-order valence-corrected chi connectivity index (χ3v) is 2.48. The highest BCUT2D eigenvalue weighted by Gasteiger charge is 2.22. The molecule has 1 unspecified atom stereocenters. The SMILES string of the molecule is CCCNC(=O)C(C)Nc1cccc(F)c1[N+](=O)[O-]. The topological polar surface area (TPSA) is 84.3 Å². The number of amides is 1. The van der Waals surface area contributed by atoms with E-state index in [1.165, 1.54) is 12.1 Å². The van der Waals surface area contributed by atoms with E-state index in [2.05, 4.69) is 10.6 Å². The van der Waals surface area contributed by atoms with Crippen molar-refractivity contribution in [1.29, 1.82) is 0 Å². The second-order valence-corrected chi connectivity index (χ2v) is 4.05. The molecule has 0 aliphatic rings. The van der Waals surface area contributed by atoms with Gasteiger partial charge in [-0.2, -0.15) is 4.39 Å². The molecule has 0 aliphatic heterocycles. The lowest BCUT2D eigenvalue weighted by Gasteiger charge is -2.15. The van der Waals surface area contributed by atoms with Gasteiger partial charge in [0.05, 0.1) is 4.92 Å². The van der Waals surface area contributed by atoms with Crippen LogP contribution in [0.15, 0.2) is 18.2 Å². The van der Waals surface area contributed by atoms with Crippen molar-refractivity contribution in [3.8, 4) is 0 Å². The summed E-state index contributed by atoms with van der Waals surface area (Å²) in [6.45, 7) is 3.99. The van der Waals surface area contributed by atoms with Crippen molar-refractivity contribution in [2.75, 3.05) is 11.9 Å². The van der Waals surface area contributed by atoms with Gasteiger partial charge in [0.1, 0.15) is 11.7 Å². The predicted octanol–water partition coefficient (Wildman–Crippen LogP) is 2.06. The fourth-order valence-electron chi connectivity index (χ4n) is 1.52. The zero-order chi connectivity index (χ0) is 14.4. The Morgan fingerprint density at radius 1 is 1.53 bits per heavy atom. The molecule has 0 aliphatic carbocycles. The van der Waals surface area contributed by atoms with Crippen LogP contribution >= 0.6 is 0 Å². The molecular formula is C12H16FN3O3. The summed E-state index contributed by atoms with van der Waals surface area (Å²) in [5.74, 6) is -1.23. The molecular weight excluding hydrogens is 253 g/mol. The molecule has 1 aromatic rings. The summed E-state index contributed by atoms with van der Waals surface area (Å²) in [5, 5.41) is 16.1. The van der Waals surface area contributed by atoms with Crippen LogP contribution in [-0.2, 0) is 4.79 Å². The highest BCUT2D eigenvalue weighted by atomic mass is 19.1. The Balaban J connectivity index is 2.85. The van der Waals surface area contributed by atoms with E-state index in [0.717, 1.165) is 12.5 Å². The van der Waals surface area contributed by atoms with E-state index in [0.29, 0.717) is 6.54 Å². The number of nitro benzene ring substituents is 1. The van der Waals surface area contributed by atoms with E-state index in [1.807, 2.05) is 6.92 Å². The first kappa shape index (κ1) is 14.9. The predicted molar refractivity (Wildman–Crippen MR) is 69.4 cm³/mol. The lowest BCUT2D eigenvalue weighted by atomic mass is 10.2. The van der Waals surface area contributed by atoms with Crippen LogP contribution in [0.3, 0.4) is 0 Å². The maximum atomic E-state index is 13.4. The van der Waals surface area contributed by atoms with E-state index in [1.54, 1.807) is 6.92 Å². The molecule has 0 saturated heterocycles.